The third-order valence-electron chi connectivity index (χ3n) is 4.64. The van der Waals surface area contributed by atoms with Gasteiger partial charge in [0.15, 0.2) is 0 Å². The Kier molecular flexibility index (Phi) is 4.01. The van der Waals surface area contributed by atoms with E-state index in [1.54, 1.807) is 6.07 Å². The summed E-state index contributed by atoms with van der Waals surface area (Å²) in [5.74, 6) is -0.356. The molecule has 2 N–H and O–H groups in total. The van der Waals surface area contributed by atoms with Crippen molar-refractivity contribution in [2.75, 3.05) is 6.54 Å². The Morgan fingerprint density at radius 3 is 2.76 bits per heavy atom. The fourth-order valence-electron chi connectivity index (χ4n) is 3.52. The number of hydrogen-bond donors (Lipinski definition) is 1. The molecule has 1 nitrogen and oxygen atoms in total. The number of nitrogens with two attached hydrogens (primary N) is 1. The number of benzene rings is 2. The predicted molar refractivity (Wildman–Crippen MR) is 85.2 cm³/mol. The normalized spacial score (nSPS) is 21.1. The first-order valence-electron chi connectivity index (χ1n) is 7.38. The molecule has 3 heteroatoms. The predicted octanol–water partition coefficient (Wildman–Crippen LogP) is 4.25. The Morgan fingerprint density at radius 2 is 1.95 bits per heavy atom. The Morgan fingerprint density at radius 1 is 1.14 bits per heavy atom. The zero-order valence-electron chi connectivity index (χ0n) is 11.9. The zero-order valence-corrected chi connectivity index (χ0v) is 12.7. The van der Waals surface area contributed by atoms with Gasteiger partial charge in [-0.2, -0.15) is 0 Å². The molecular weight excluding hydrogens is 285 g/mol. The summed E-state index contributed by atoms with van der Waals surface area (Å²) in [6.45, 7) is 0.552. The first-order valence-corrected chi connectivity index (χ1v) is 7.75. The van der Waals surface area contributed by atoms with Crippen molar-refractivity contribution in [2.45, 2.75) is 31.1 Å². The molecule has 1 unspecified atom stereocenters. The van der Waals surface area contributed by atoms with Crippen molar-refractivity contribution in [3.63, 3.8) is 0 Å². The Hall–Kier alpha value is -1.38. The van der Waals surface area contributed by atoms with E-state index in [9.17, 15) is 4.39 Å². The lowest BCUT2D eigenvalue weighted by Crippen LogP contribution is -2.40. The van der Waals surface area contributed by atoms with Crippen molar-refractivity contribution in [1.29, 1.82) is 0 Å². The molecule has 0 saturated heterocycles. The molecule has 1 aliphatic rings. The van der Waals surface area contributed by atoms with Gasteiger partial charge in [0.2, 0.25) is 0 Å². The lowest BCUT2D eigenvalue weighted by Gasteiger charge is -2.39. The third kappa shape index (κ3) is 2.58. The summed E-state index contributed by atoms with van der Waals surface area (Å²) in [6.07, 6.45) is 3.92. The summed E-state index contributed by atoms with van der Waals surface area (Å²) < 4.78 is 13.7. The van der Waals surface area contributed by atoms with Crippen molar-refractivity contribution in [3.05, 3.63) is 70.0 Å². The summed E-state index contributed by atoms with van der Waals surface area (Å²) in [7, 11) is 0. The second-order valence-electron chi connectivity index (χ2n) is 5.88. The molecular formula is C18H19ClFN. The molecule has 0 aromatic heterocycles. The molecule has 0 amide bonds. The molecule has 2 aromatic carbocycles. The highest BCUT2D eigenvalue weighted by atomic mass is 35.5. The van der Waals surface area contributed by atoms with E-state index in [2.05, 4.69) is 24.3 Å². The third-order valence-corrected chi connectivity index (χ3v) is 5.06. The van der Waals surface area contributed by atoms with Gasteiger partial charge in [0, 0.05) is 12.0 Å². The van der Waals surface area contributed by atoms with Crippen molar-refractivity contribution < 1.29 is 4.39 Å². The van der Waals surface area contributed by atoms with Crippen LogP contribution in [0.1, 0.15) is 29.5 Å². The van der Waals surface area contributed by atoms with Gasteiger partial charge in [-0.05, 0) is 48.4 Å². The molecule has 0 fully saturated rings. The SMILES string of the molecule is NCC1(Cc2cccc(F)c2Cl)CCCc2ccccc21. The molecule has 110 valence electrons. The summed E-state index contributed by atoms with van der Waals surface area (Å²) in [4.78, 5) is 0. The van der Waals surface area contributed by atoms with Crippen LogP contribution in [0.3, 0.4) is 0 Å². The summed E-state index contributed by atoms with van der Waals surface area (Å²) in [5.41, 5.74) is 9.53. The minimum absolute atomic E-state index is 0.133. The molecule has 1 atom stereocenters. The van der Waals surface area contributed by atoms with Gasteiger partial charge < -0.3 is 5.73 Å². The van der Waals surface area contributed by atoms with E-state index in [1.165, 1.54) is 17.2 Å². The molecule has 0 bridgehead atoms. The van der Waals surface area contributed by atoms with Gasteiger partial charge in [0.25, 0.3) is 0 Å². The summed E-state index contributed by atoms with van der Waals surface area (Å²) in [5, 5.41) is 0.230. The lowest BCUT2D eigenvalue weighted by atomic mass is 9.67. The molecule has 0 saturated carbocycles. The van der Waals surface area contributed by atoms with Gasteiger partial charge >= 0.3 is 0 Å². The highest BCUT2D eigenvalue weighted by Gasteiger charge is 2.35. The van der Waals surface area contributed by atoms with E-state index in [4.69, 9.17) is 17.3 Å². The minimum atomic E-state index is -0.356. The van der Waals surface area contributed by atoms with Crippen LogP contribution in [0, 0.1) is 5.82 Å². The smallest absolute Gasteiger partial charge is 0.142 e. The average molecular weight is 304 g/mol. The van der Waals surface area contributed by atoms with Crippen LogP contribution in [-0.2, 0) is 18.3 Å². The standard InChI is InChI=1S/C18H19ClFN/c19-17-14(6-3-9-16(17)20)11-18(12-21)10-4-7-13-5-1-2-8-15(13)18/h1-3,5-6,8-9H,4,7,10-12,21H2. The Bertz CT molecular complexity index is 655. The maximum atomic E-state index is 13.7. The number of hydrogen-bond acceptors (Lipinski definition) is 1. The van der Waals surface area contributed by atoms with Crippen LogP contribution in [0.2, 0.25) is 5.02 Å². The summed E-state index contributed by atoms with van der Waals surface area (Å²) >= 11 is 6.14. The average Bonchev–Trinajstić information content (AvgIpc) is 2.52. The second-order valence-corrected chi connectivity index (χ2v) is 6.26. The number of aryl methyl sites for hydroxylation is 1. The van der Waals surface area contributed by atoms with Gasteiger partial charge in [0.1, 0.15) is 5.82 Å². The van der Waals surface area contributed by atoms with Crippen LogP contribution < -0.4 is 5.73 Å². The van der Waals surface area contributed by atoms with E-state index in [0.717, 1.165) is 24.8 Å². The summed E-state index contributed by atoms with van der Waals surface area (Å²) in [6, 6.07) is 13.5. The van der Waals surface area contributed by atoms with E-state index in [0.29, 0.717) is 13.0 Å². The Labute approximate surface area is 129 Å². The highest BCUT2D eigenvalue weighted by Crippen LogP contribution is 2.40. The monoisotopic (exact) mass is 303 g/mol. The molecule has 3 rings (SSSR count). The lowest BCUT2D eigenvalue weighted by molar-refractivity contribution is 0.365. The van der Waals surface area contributed by atoms with Gasteiger partial charge in [-0.1, -0.05) is 48.0 Å². The van der Waals surface area contributed by atoms with Crippen molar-refractivity contribution in [2.24, 2.45) is 5.73 Å². The number of fused-ring (bicyclic) bond motifs is 1. The van der Waals surface area contributed by atoms with E-state index < -0.39 is 0 Å². The largest absolute Gasteiger partial charge is 0.330 e. The van der Waals surface area contributed by atoms with Crippen LogP contribution in [0.15, 0.2) is 42.5 Å². The van der Waals surface area contributed by atoms with E-state index in [1.807, 2.05) is 6.07 Å². The highest BCUT2D eigenvalue weighted by molar-refractivity contribution is 6.31. The zero-order chi connectivity index (χ0) is 14.9. The quantitative estimate of drug-likeness (QED) is 0.901. The molecule has 0 spiro atoms. The van der Waals surface area contributed by atoms with Crippen molar-refractivity contribution in [3.8, 4) is 0 Å². The van der Waals surface area contributed by atoms with E-state index >= 15 is 0 Å². The van der Waals surface area contributed by atoms with Crippen molar-refractivity contribution in [1.82, 2.24) is 0 Å². The van der Waals surface area contributed by atoms with Crippen LogP contribution in [-0.4, -0.2) is 6.54 Å². The van der Waals surface area contributed by atoms with Crippen LogP contribution in [0.4, 0.5) is 4.39 Å². The van der Waals surface area contributed by atoms with E-state index in [-0.39, 0.29) is 16.3 Å². The van der Waals surface area contributed by atoms with Gasteiger partial charge in [-0.3, -0.25) is 0 Å². The van der Waals surface area contributed by atoms with Gasteiger partial charge in [-0.25, -0.2) is 4.39 Å². The molecule has 2 aromatic rings. The Balaban J connectivity index is 2.04. The second kappa shape index (κ2) is 5.78. The van der Waals surface area contributed by atoms with Crippen LogP contribution in [0.25, 0.3) is 0 Å². The molecule has 0 aliphatic heterocycles. The van der Waals surface area contributed by atoms with Crippen LogP contribution in [0.5, 0.6) is 0 Å². The number of halogens is 2. The fourth-order valence-corrected chi connectivity index (χ4v) is 3.72. The molecule has 1 aliphatic carbocycles. The maximum Gasteiger partial charge on any atom is 0.142 e. The first kappa shape index (κ1) is 14.6. The van der Waals surface area contributed by atoms with Gasteiger partial charge in [-0.15, -0.1) is 0 Å². The van der Waals surface area contributed by atoms with Gasteiger partial charge in [0.05, 0.1) is 5.02 Å². The minimum Gasteiger partial charge on any atom is -0.330 e. The maximum absolute atomic E-state index is 13.7. The first-order chi connectivity index (χ1) is 10.2. The molecule has 0 heterocycles. The molecule has 21 heavy (non-hydrogen) atoms. The van der Waals surface area contributed by atoms with Crippen LogP contribution >= 0.6 is 11.6 Å². The van der Waals surface area contributed by atoms with Crippen molar-refractivity contribution >= 4 is 11.6 Å². The fraction of sp³-hybridized carbons (Fsp3) is 0.333. The number of rotatable bonds is 3. The molecule has 0 radical (unpaired) electrons. The topological polar surface area (TPSA) is 26.0 Å².